The van der Waals surface area contributed by atoms with Crippen LogP contribution in [0.2, 0.25) is 5.02 Å². The molecule has 0 saturated heterocycles. The van der Waals surface area contributed by atoms with Gasteiger partial charge in [0.15, 0.2) is 5.60 Å². The first-order valence-electron chi connectivity index (χ1n) is 11.3. The molecule has 3 aromatic rings. The second kappa shape index (κ2) is 10.2. The topological polar surface area (TPSA) is 89.9 Å². The highest BCUT2D eigenvalue weighted by Crippen LogP contribution is 2.47. The van der Waals surface area contributed by atoms with E-state index in [1.807, 2.05) is 0 Å². The molecule has 3 aromatic carbocycles. The second-order valence-electron chi connectivity index (χ2n) is 8.81. The molecule has 1 aliphatic heterocycles. The van der Waals surface area contributed by atoms with Crippen molar-refractivity contribution < 1.29 is 46.1 Å². The van der Waals surface area contributed by atoms with Gasteiger partial charge in [-0.1, -0.05) is 11.6 Å². The smallest absolute Gasteiger partial charge is 0.393 e. The van der Waals surface area contributed by atoms with Gasteiger partial charge in [0.1, 0.15) is 5.82 Å². The van der Waals surface area contributed by atoms with Crippen LogP contribution in [0.15, 0.2) is 60.7 Å². The molecule has 1 heterocycles. The number of aliphatic hydroxyl groups excluding tert-OH is 1. The summed E-state index contributed by atoms with van der Waals surface area (Å²) in [6.45, 7) is -1.88. The molecule has 0 radical (unpaired) electrons. The molecule has 206 valence electrons. The van der Waals surface area contributed by atoms with Crippen LogP contribution >= 0.6 is 11.6 Å². The quantitative estimate of drug-likeness (QED) is 0.354. The number of halogens is 7. The van der Waals surface area contributed by atoms with Gasteiger partial charge in [-0.25, -0.2) is 13.2 Å². The number of rotatable bonds is 4. The van der Waals surface area contributed by atoms with Crippen LogP contribution in [0.25, 0.3) is 0 Å². The number of nitrogens with zero attached hydrogens (tertiary/aromatic N) is 1. The molecule has 6 nitrogen and oxygen atoms in total. The zero-order valence-corrected chi connectivity index (χ0v) is 20.5. The Labute approximate surface area is 222 Å². The molecular formula is C26H19ClF6N2O4. The van der Waals surface area contributed by atoms with Gasteiger partial charge in [-0.05, 0) is 60.7 Å². The molecule has 3 N–H and O–H groups in total. The Morgan fingerprint density at radius 3 is 2.31 bits per heavy atom. The van der Waals surface area contributed by atoms with Crippen LogP contribution in [-0.2, 0) is 11.8 Å². The summed E-state index contributed by atoms with van der Waals surface area (Å²) >= 11 is 5.94. The van der Waals surface area contributed by atoms with Gasteiger partial charge >= 0.3 is 6.18 Å². The highest BCUT2D eigenvalue weighted by molar-refractivity contribution is 6.30. The number of hydrogen-bond acceptors (Lipinski definition) is 4. The number of benzene rings is 3. The lowest BCUT2D eigenvalue weighted by Crippen LogP contribution is -2.48. The van der Waals surface area contributed by atoms with Crippen LogP contribution in [-0.4, -0.2) is 41.1 Å². The lowest BCUT2D eigenvalue weighted by atomic mass is 9.86. The summed E-state index contributed by atoms with van der Waals surface area (Å²) in [7, 11) is 0. The van der Waals surface area contributed by atoms with Gasteiger partial charge in [-0.2, -0.15) is 13.2 Å². The van der Waals surface area contributed by atoms with Gasteiger partial charge in [0, 0.05) is 34.8 Å². The van der Waals surface area contributed by atoms with Crippen molar-refractivity contribution in [2.45, 2.75) is 24.1 Å². The Balaban J connectivity index is 1.61. The lowest BCUT2D eigenvalue weighted by molar-refractivity contribution is -0.205. The van der Waals surface area contributed by atoms with Crippen LogP contribution < -0.4 is 10.2 Å². The van der Waals surface area contributed by atoms with Crippen LogP contribution in [0.4, 0.5) is 37.7 Å². The third-order valence-electron chi connectivity index (χ3n) is 6.34. The van der Waals surface area contributed by atoms with Crippen LogP contribution in [0.3, 0.4) is 0 Å². The fourth-order valence-corrected chi connectivity index (χ4v) is 4.43. The number of anilines is 2. The first-order valence-corrected chi connectivity index (χ1v) is 11.7. The maximum atomic E-state index is 14.9. The van der Waals surface area contributed by atoms with E-state index in [0.29, 0.717) is 12.1 Å². The largest absolute Gasteiger partial charge is 0.417 e. The fourth-order valence-electron chi connectivity index (χ4n) is 4.26. The summed E-state index contributed by atoms with van der Waals surface area (Å²) in [5.74, 6) is -6.94. The predicted molar refractivity (Wildman–Crippen MR) is 129 cm³/mol. The molecule has 0 saturated carbocycles. The van der Waals surface area contributed by atoms with Crippen molar-refractivity contribution >= 4 is 34.8 Å². The molecule has 4 rings (SSSR count). The average molecular weight is 573 g/mol. The highest BCUT2D eigenvalue weighted by atomic mass is 35.5. The van der Waals surface area contributed by atoms with Crippen LogP contribution in [0.5, 0.6) is 0 Å². The van der Waals surface area contributed by atoms with Gasteiger partial charge in [0.2, 0.25) is 0 Å². The number of amides is 2. The maximum Gasteiger partial charge on any atom is 0.417 e. The molecule has 1 aliphatic rings. The lowest BCUT2D eigenvalue weighted by Gasteiger charge is -2.33. The van der Waals surface area contributed by atoms with Crippen molar-refractivity contribution in [3.05, 3.63) is 93.8 Å². The third-order valence-corrected chi connectivity index (χ3v) is 6.58. The zero-order valence-electron chi connectivity index (χ0n) is 19.7. The Morgan fingerprint density at radius 1 is 1.03 bits per heavy atom. The summed E-state index contributed by atoms with van der Waals surface area (Å²) in [4.78, 5) is 26.8. The van der Waals surface area contributed by atoms with E-state index in [-0.39, 0.29) is 28.0 Å². The summed E-state index contributed by atoms with van der Waals surface area (Å²) in [6, 6.07) is 10.1. The molecule has 0 bridgehead atoms. The number of hydrogen-bond donors (Lipinski definition) is 3. The molecular weight excluding hydrogens is 554 g/mol. The van der Waals surface area contributed by atoms with Crippen LogP contribution in [0.1, 0.15) is 38.3 Å². The van der Waals surface area contributed by atoms with E-state index < -0.39 is 71.6 Å². The van der Waals surface area contributed by atoms with E-state index in [4.69, 9.17) is 11.6 Å². The van der Waals surface area contributed by atoms with Crippen molar-refractivity contribution in [3.8, 4) is 0 Å². The minimum atomic E-state index is -4.99. The Morgan fingerprint density at radius 2 is 1.69 bits per heavy atom. The van der Waals surface area contributed by atoms with E-state index in [0.717, 1.165) is 11.0 Å². The number of aliphatic hydroxyl groups is 2. The van der Waals surface area contributed by atoms with Gasteiger partial charge in [-0.3, -0.25) is 9.59 Å². The van der Waals surface area contributed by atoms with E-state index in [1.165, 1.54) is 36.4 Å². The molecule has 0 fully saturated rings. The SMILES string of the molecule is O=C(Nc1ccc(C(=O)N2CCC(F)(F)[C@](O)(CO)c3cc(Cl)ccc32)cc1)c1ccc(F)cc1C(F)(F)F. The molecule has 0 aromatic heterocycles. The molecule has 0 unspecified atom stereocenters. The minimum Gasteiger partial charge on any atom is -0.393 e. The number of carbonyl (C=O) groups excluding carboxylic acids is 2. The molecule has 0 spiro atoms. The first kappa shape index (κ1) is 28.4. The summed E-state index contributed by atoms with van der Waals surface area (Å²) in [5, 5.41) is 22.6. The molecule has 1 atom stereocenters. The number of carbonyl (C=O) groups is 2. The maximum absolute atomic E-state index is 14.9. The van der Waals surface area contributed by atoms with Crippen molar-refractivity contribution in [1.82, 2.24) is 0 Å². The van der Waals surface area contributed by atoms with E-state index >= 15 is 0 Å². The molecule has 13 heteroatoms. The molecule has 39 heavy (non-hydrogen) atoms. The Hall–Kier alpha value is -3.61. The number of nitrogens with one attached hydrogen (secondary N) is 1. The van der Waals surface area contributed by atoms with Gasteiger partial charge in [0.25, 0.3) is 17.7 Å². The zero-order chi connectivity index (χ0) is 28.8. The van der Waals surface area contributed by atoms with E-state index in [1.54, 1.807) is 0 Å². The summed E-state index contributed by atoms with van der Waals surface area (Å²) in [6.07, 6.45) is -5.98. The standard InChI is InChI=1S/C26H19ClF6N2O4/c27-15-3-8-21-20(11-15)24(39,13-36)25(29,30)9-10-35(21)23(38)14-1-5-17(6-2-14)34-22(37)18-7-4-16(28)12-19(18)26(31,32)33/h1-8,11-12,36,39H,9-10,13H2,(H,34,37)/t24-/m0/s1. The average Bonchev–Trinajstić information content (AvgIpc) is 2.96. The third kappa shape index (κ3) is 5.32. The van der Waals surface area contributed by atoms with Gasteiger partial charge in [-0.15, -0.1) is 0 Å². The fraction of sp³-hybridized carbons (Fsp3) is 0.231. The molecule has 2 amide bonds. The highest BCUT2D eigenvalue weighted by Gasteiger charge is 2.56. The minimum absolute atomic E-state index is 0.00163. The van der Waals surface area contributed by atoms with Crippen molar-refractivity contribution in [2.24, 2.45) is 0 Å². The normalized spacial score (nSPS) is 18.7. The van der Waals surface area contributed by atoms with Crippen molar-refractivity contribution in [3.63, 3.8) is 0 Å². The van der Waals surface area contributed by atoms with Gasteiger partial charge in [0.05, 0.1) is 23.4 Å². The number of fused-ring (bicyclic) bond motifs is 1. The monoisotopic (exact) mass is 572 g/mol. The second-order valence-corrected chi connectivity index (χ2v) is 9.25. The van der Waals surface area contributed by atoms with Gasteiger partial charge < -0.3 is 20.4 Å². The Bertz CT molecular complexity index is 1430. The van der Waals surface area contributed by atoms with E-state index in [9.17, 15) is 46.1 Å². The first-order chi connectivity index (χ1) is 18.2. The number of alkyl halides is 5. The molecule has 0 aliphatic carbocycles. The summed E-state index contributed by atoms with van der Waals surface area (Å²) < 4.78 is 82.8. The van der Waals surface area contributed by atoms with Crippen molar-refractivity contribution in [2.75, 3.05) is 23.4 Å². The Kier molecular flexibility index (Phi) is 7.41. The van der Waals surface area contributed by atoms with E-state index in [2.05, 4.69) is 5.32 Å². The van der Waals surface area contributed by atoms with Crippen molar-refractivity contribution in [1.29, 1.82) is 0 Å². The van der Waals surface area contributed by atoms with Crippen LogP contribution in [0, 0.1) is 5.82 Å². The predicted octanol–water partition coefficient (Wildman–Crippen LogP) is 5.62. The summed E-state index contributed by atoms with van der Waals surface area (Å²) in [5.41, 5.74) is -5.88.